The molecule has 0 saturated carbocycles. The van der Waals surface area contributed by atoms with Crippen LogP contribution < -0.4 is 5.73 Å². The molecule has 0 aromatic carbocycles. The highest BCUT2D eigenvalue weighted by molar-refractivity contribution is 7.47. The first-order valence-corrected chi connectivity index (χ1v) is 22.3. The van der Waals surface area contributed by atoms with Gasteiger partial charge in [0.05, 0.1) is 13.2 Å². The van der Waals surface area contributed by atoms with Gasteiger partial charge in [0.2, 0.25) is 0 Å². The van der Waals surface area contributed by atoms with Gasteiger partial charge < -0.3 is 20.1 Å². The number of ether oxygens (including phenoxy) is 2. The fourth-order valence-electron chi connectivity index (χ4n) is 5.68. The first-order chi connectivity index (χ1) is 24.8. The molecule has 0 aliphatic carbocycles. The molecule has 0 rings (SSSR count). The lowest BCUT2D eigenvalue weighted by Crippen LogP contribution is -2.29. The Labute approximate surface area is 312 Å². The quantitative estimate of drug-likeness (QED) is 0.0273. The van der Waals surface area contributed by atoms with Crippen LogP contribution in [0.2, 0.25) is 0 Å². The second-order valence-corrected chi connectivity index (χ2v) is 15.3. The van der Waals surface area contributed by atoms with Crippen LogP contribution in [0, 0.1) is 0 Å². The molecule has 0 heterocycles. The molecule has 300 valence electrons. The average Bonchev–Trinajstić information content (AvgIpc) is 3.11. The van der Waals surface area contributed by atoms with E-state index in [1.807, 2.05) is 0 Å². The number of phosphoric acid groups is 1. The molecule has 0 saturated heterocycles. The van der Waals surface area contributed by atoms with Crippen LogP contribution in [0.5, 0.6) is 0 Å². The number of carbonyl (C=O) groups is 2. The van der Waals surface area contributed by atoms with Crippen LogP contribution in [0.3, 0.4) is 0 Å². The Morgan fingerprint density at radius 2 is 0.961 bits per heavy atom. The first-order valence-electron chi connectivity index (χ1n) is 20.8. The molecule has 0 aromatic heterocycles. The average molecular weight is 744 g/mol. The number of hydrogen-bond acceptors (Lipinski definition) is 8. The fourth-order valence-corrected chi connectivity index (χ4v) is 6.45. The van der Waals surface area contributed by atoms with Gasteiger partial charge in [0.1, 0.15) is 6.61 Å². The van der Waals surface area contributed by atoms with Crippen molar-refractivity contribution in [2.24, 2.45) is 5.73 Å². The largest absolute Gasteiger partial charge is 0.472 e. The number of carbonyl (C=O) groups excluding carboxylic acids is 2. The normalized spacial score (nSPS) is 13.6. The molecule has 0 aromatic rings. The van der Waals surface area contributed by atoms with Crippen LogP contribution in [-0.2, 0) is 32.7 Å². The van der Waals surface area contributed by atoms with Crippen molar-refractivity contribution >= 4 is 19.8 Å². The number of hydrogen-bond donors (Lipinski definition) is 2. The van der Waals surface area contributed by atoms with Crippen molar-refractivity contribution < 1.29 is 37.6 Å². The third-order valence-corrected chi connectivity index (χ3v) is 9.79. The van der Waals surface area contributed by atoms with Gasteiger partial charge in [0.25, 0.3) is 0 Å². The predicted octanol–water partition coefficient (Wildman–Crippen LogP) is 11.6. The summed E-state index contributed by atoms with van der Waals surface area (Å²) in [7, 11) is -4.38. The highest BCUT2D eigenvalue weighted by atomic mass is 31.2. The van der Waals surface area contributed by atoms with Crippen molar-refractivity contribution in [3.63, 3.8) is 0 Å². The SMILES string of the molecule is CCCCCCCCCCC/C=C\CCCCC(=O)OC[C@H](COP(=O)(O)OCCN)OC(=O)CCCC/C=C\CCCCCCCCCCC. The van der Waals surface area contributed by atoms with E-state index in [-0.39, 0.29) is 32.6 Å². The summed E-state index contributed by atoms with van der Waals surface area (Å²) in [5.41, 5.74) is 5.34. The number of phosphoric ester groups is 1. The van der Waals surface area contributed by atoms with Gasteiger partial charge in [-0.2, -0.15) is 0 Å². The molecular weight excluding hydrogens is 665 g/mol. The molecule has 0 amide bonds. The van der Waals surface area contributed by atoms with Crippen LogP contribution in [0.25, 0.3) is 0 Å². The zero-order valence-corrected chi connectivity index (χ0v) is 33.7. The van der Waals surface area contributed by atoms with Crippen LogP contribution in [-0.4, -0.2) is 49.3 Å². The smallest absolute Gasteiger partial charge is 0.462 e. The maximum Gasteiger partial charge on any atom is 0.472 e. The minimum Gasteiger partial charge on any atom is -0.462 e. The van der Waals surface area contributed by atoms with Crippen molar-refractivity contribution in [1.29, 1.82) is 0 Å². The van der Waals surface area contributed by atoms with Crippen molar-refractivity contribution in [2.75, 3.05) is 26.4 Å². The van der Waals surface area contributed by atoms with Crippen LogP contribution in [0.1, 0.15) is 194 Å². The highest BCUT2D eigenvalue weighted by Crippen LogP contribution is 2.43. The number of rotatable bonds is 39. The molecule has 10 heteroatoms. The highest BCUT2D eigenvalue weighted by Gasteiger charge is 2.25. The minimum atomic E-state index is -4.38. The summed E-state index contributed by atoms with van der Waals surface area (Å²) in [5, 5.41) is 0. The summed E-state index contributed by atoms with van der Waals surface area (Å²) in [6, 6.07) is 0. The zero-order chi connectivity index (χ0) is 37.5. The standard InChI is InChI=1S/C41H78NO8P/c1-3-5-7-9-11-13-15-17-19-21-23-25-27-29-31-33-40(43)47-37-39(38-49-51(45,46)48-36-35-42)50-41(44)34-32-30-28-26-24-22-20-18-16-14-12-10-8-6-4-2/h23-26,39H,3-22,27-38,42H2,1-2H3,(H,45,46)/b25-23-,26-24-/t39-/m1/s1. The molecule has 51 heavy (non-hydrogen) atoms. The topological polar surface area (TPSA) is 134 Å². The molecule has 0 bridgehead atoms. The Morgan fingerprint density at radius 1 is 0.569 bits per heavy atom. The maximum atomic E-state index is 12.5. The fraction of sp³-hybridized carbons (Fsp3) is 0.854. The molecular formula is C41H78NO8P. The summed E-state index contributed by atoms with van der Waals surface area (Å²) in [5.74, 6) is -0.876. The van der Waals surface area contributed by atoms with E-state index >= 15 is 0 Å². The summed E-state index contributed by atoms with van der Waals surface area (Å²) in [4.78, 5) is 34.8. The van der Waals surface area contributed by atoms with Crippen LogP contribution in [0.15, 0.2) is 24.3 Å². The molecule has 0 aliphatic rings. The lowest BCUT2D eigenvalue weighted by Gasteiger charge is -2.19. The third-order valence-electron chi connectivity index (χ3n) is 8.81. The number of unbranched alkanes of at least 4 members (excludes halogenated alkanes) is 22. The summed E-state index contributed by atoms with van der Waals surface area (Å²) in [6.07, 6.45) is 39.3. The van der Waals surface area contributed by atoms with Gasteiger partial charge in [-0.05, 0) is 64.2 Å². The Kier molecular flexibility index (Phi) is 37.1. The van der Waals surface area contributed by atoms with Gasteiger partial charge >= 0.3 is 19.8 Å². The number of allylic oxidation sites excluding steroid dienone is 4. The van der Waals surface area contributed by atoms with Crippen molar-refractivity contribution in [3.05, 3.63) is 24.3 Å². The second kappa shape index (κ2) is 38.2. The Hall–Kier alpha value is -1.51. The molecule has 0 spiro atoms. The molecule has 2 atom stereocenters. The maximum absolute atomic E-state index is 12.5. The van der Waals surface area contributed by atoms with Crippen molar-refractivity contribution in [2.45, 2.75) is 200 Å². The Balaban J connectivity index is 4.23. The monoisotopic (exact) mass is 744 g/mol. The van der Waals surface area contributed by atoms with Gasteiger partial charge in [-0.15, -0.1) is 0 Å². The molecule has 0 fully saturated rings. The zero-order valence-electron chi connectivity index (χ0n) is 32.8. The van der Waals surface area contributed by atoms with E-state index in [9.17, 15) is 19.0 Å². The van der Waals surface area contributed by atoms with Gasteiger partial charge in [-0.1, -0.05) is 141 Å². The van der Waals surface area contributed by atoms with E-state index in [2.05, 4.69) is 38.2 Å². The van der Waals surface area contributed by atoms with E-state index in [0.29, 0.717) is 12.8 Å². The lowest BCUT2D eigenvalue weighted by molar-refractivity contribution is -0.161. The van der Waals surface area contributed by atoms with Crippen LogP contribution in [0.4, 0.5) is 0 Å². The summed E-state index contributed by atoms with van der Waals surface area (Å²) >= 11 is 0. The van der Waals surface area contributed by atoms with Gasteiger partial charge in [0, 0.05) is 19.4 Å². The van der Waals surface area contributed by atoms with E-state index in [1.54, 1.807) is 0 Å². The minimum absolute atomic E-state index is 0.0491. The first kappa shape index (κ1) is 49.5. The molecule has 3 N–H and O–H groups in total. The third kappa shape index (κ3) is 38.0. The summed E-state index contributed by atoms with van der Waals surface area (Å²) < 4.78 is 32.7. The van der Waals surface area contributed by atoms with Gasteiger partial charge in [-0.3, -0.25) is 18.6 Å². The second-order valence-electron chi connectivity index (χ2n) is 13.8. The van der Waals surface area contributed by atoms with Crippen molar-refractivity contribution in [3.8, 4) is 0 Å². The molecule has 0 aliphatic heterocycles. The van der Waals surface area contributed by atoms with E-state index in [1.165, 1.54) is 116 Å². The number of esters is 2. The van der Waals surface area contributed by atoms with Crippen molar-refractivity contribution in [1.82, 2.24) is 0 Å². The van der Waals surface area contributed by atoms with Gasteiger partial charge in [0.15, 0.2) is 6.10 Å². The van der Waals surface area contributed by atoms with Crippen LogP contribution >= 0.6 is 7.82 Å². The summed E-state index contributed by atoms with van der Waals surface area (Å²) in [6.45, 7) is 3.69. The molecule has 0 radical (unpaired) electrons. The molecule has 1 unspecified atom stereocenters. The lowest BCUT2D eigenvalue weighted by atomic mass is 10.1. The van der Waals surface area contributed by atoms with E-state index in [0.717, 1.165) is 38.5 Å². The Bertz CT molecular complexity index is 897. The predicted molar refractivity (Wildman–Crippen MR) is 211 cm³/mol. The Morgan fingerprint density at radius 3 is 1.39 bits per heavy atom. The molecule has 9 nitrogen and oxygen atoms in total. The van der Waals surface area contributed by atoms with E-state index < -0.39 is 32.5 Å². The van der Waals surface area contributed by atoms with Gasteiger partial charge in [-0.25, -0.2) is 4.57 Å². The number of nitrogens with two attached hydrogens (primary N) is 1. The van der Waals surface area contributed by atoms with E-state index in [4.69, 9.17) is 24.3 Å².